The van der Waals surface area contributed by atoms with Crippen molar-refractivity contribution in [3.63, 3.8) is 0 Å². The molecule has 0 aliphatic heterocycles. The minimum atomic E-state index is -0.332. The van der Waals surface area contributed by atoms with Gasteiger partial charge in [-0.25, -0.2) is 4.39 Å². The van der Waals surface area contributed by atoms with Crippen LogP contribution in [0.2, 0.25) is 0 Å². The summed E-state index contributed by atoms with van der Waals surface area (Å²) in [5.41, 5.74) is 4.43. The third-order valence-electron chi connectivity index (χ3n) is 4.64. The van der Waals surface area contributed by atoms with Crippen LogP contribution < -0.4 is 10.6 Å². The molecule has 2 N–H and O–H groups in total. The Morgan fingerprint density at radius 1 is 0.897 bits per heavy atom. The lowest BCUT2D eigenvalue weighted by molar-refractivity contribution is 0.0953. The van der Waals surface area contributed by atoms with Gasteiger partial charge in [-0.3, -0.25) is 14.6 Å². The number of hydrogen-bond acceptors (Lipinski definition) is 3. The fourth-order valence-electron chi connectivity index (χ4n) is 2.78. The van der Waals surface area contributed by atoms with E-state index in [0.717, 1.165) is 16.7 Å². The molecule has 1 heterocycles. The van der Waals surface area contributed by atoms with Crippen LogP contribution in [0.4, 0.5) is 10.1 Å². The lowest BCUT2D eigenvalue weighted by Crippen LogP contribution is -2.26. The number of hydrogen-bond donors (Lipinski definition) is 2. The molecule has 0 radical (unpaired) electrons. The molecule has 148 valence electrons. The molecule has 0 bridgehead atoms. The van der Waals surface area contributed by atoms with Crippen LogP contribution in [0.25, 0.3) is 0 Å². The Bertz CT molecular complexity index is 1030. The first-order valence-electron chi connectivity index (χ1n) is 9.28. The highest BCUT2D eigenvalue weighted by Gasteiger charge is 2.12. The Kier molecular flexibility index (Phi) is 6.34. The molecule has 3 aromatic rings. The second-order valence-electron chi connectivity index (χ2n) is 6.85. The largest absolute Gasteiger partial charge is 0.352 e. The maximum atomic E-state index is 12.9. The van der Waals surface area contributed by atoms with Crippen molar-refractivity contribution in [2.24, 2.45) is 0 Å². The van der Waals surface area contributed by atoms with Crippen molar-refractivity contribution in [1.82, 2.24) is 10.3 Å². The highest BCUT2D eigenvalue weighted by atomic mass is 19.1. The summed E-state index contributed by atoms with van der Waals surface area (Å²) in [5.74, 6) is -0.943. The maximum absolute atomic E-state index is 12.9. The molecule has 5 nitrogen and oxygen atoms in total. The lowest BCUT2D eigenvalue weighted by Gasteiger charge is -2.09. The van der Waals surface area contributed by atoms with Crippen molar-refractivity contribution >= 4 is 17.5 Å². The highest BCUT2D eigenvalue weighted by molar-refractivity contribution is 6.05. The van der Waals surface area contributed by atoms with E-state index < -0.39 is 0 Å². The van der Waals surface area contributed by atoms with Gasteiger partial charge in [-0.2, -0.15) is 0 Å². The molecule has 0 aliphatic rings. The summed E-state index contributed by atoms with van der Waals surface area (Å²) in [6.07, 6.45) is 3.41. The van der Waals surface area contributed by atoms with E-state index in [2.05, 4.69) is 15.6 Å². The fraction of sp³-hybridized carbons (Fsp3) is 0.174. The fourth-order valence-corrected chi connectivity index (χ4v) is 2.78. The lowest BCUT2D eigenvalue weighted by atomic mass is 10.1. The van der Waals surface area contributed by atoms with Crippen LogP contribution in [0.3, 0.4) is 0 Å². The first kappa shape index (κ1) is 20.2. The van der Waals surface area contributed by atoms with Crippen molar-refractivity contribution < 1.29 is 14.0 Å². The molecule has 0 saturated heterocycles. The van der Waals surface area contributed by atoms with Gasteiger partial charge in [0.05, 0.1) is 11.1 Å². The van der Waals surface area contributed by atoms with Gasteiger partial charge in [-0.1, -0.05) is 18.2 Å². The number of rotatable bonds is 6. The number of benzene rings is 2. The second kappa shape index (κ2) is 9.10. The Morgan fingerprint density at radius 2 is 1.59 bits per heavy atom. The summed E-state index contributed by atoms with van der Waals surface area (Å²) in [5, 5.41) is 5.61. The maximum Gasteiger partial charge on any atom is 0.257 e. The van der Waals surface area contributed by atoms with Crippen molar-refractivity contribution in [2.45, 2.75) is 20.3 Å². The van der Waals surface area contributed by atoms with Crippen molar-refractivity contribution in [1.29, 1.82) is 0 Å². The number of anilines is 1. The number of nitrogens with one attached hydrogen (secondary N) is 2. The average Bonchev–Trinajstić information content (AvgIpc) is 2.72. The van der Waals surface area contributed by atoms with E-state index in [1.807, 2.05) is 32.0 Å². The van der Waals surface area contributed by atoms with Crippen LogP contribution in [0.1, 0.15) is 37.4 Å². The Labute approximate surface area is 169 Å². The van der Waals surface area contributed by atoms with Gasteiger partial charge in [0.1, 0.15) is 5.82 Å². The van der Waals surface area contributed by atoms with Crippen LogP contribution in [0.5, 0.6) is 0 Å². The number of nitrogens with zero attached hydrogens (tertiary/aromatic N) is 1. The summed E-state index contributed by atoms with van der Waals surface area (Å²) in [6, 6.07) is 13.3. The molecule has 0 spiro atoms. The minimum Gasteiger partial charge on any atom is -0.352 e. The smallest absolute Gasteiger partial charge is 0.257 e. The number of aromatic nitrogens is 1. The number of carbonyl (C=O) groups is 2. The molecule has 0 aliphatic carbocycles. The molecule has 2 amide bonds. The summed E-state index contributed by atoms with van der Waals surface area (Å²) >= 11 is 0. The van der Waals surface area contributed by atoms with E-state index in [4.69, 9.17) is 0 Å². The summed E-state index contributed by atoms with van der Waals surface area (Å²) in [6.45, 7) is 4.37. The molecule has 3 rings (SSSR count). The molecule has 6 heteroatoms. The summed E-state index contributed by atoms with van der Waals surface area (Å²) in [7, 11) is 0. The van der Waals surface area contributed by atoms with E-state index in [-0.39, 0.29) is 17.6 Å². The molecule has 2 aromatic carbocycles. The topological polar surface area (TPSA) is 71.1 Å². The molecule has 1 aromatic heterocycles. The zero-order valence-corrected chi connectivity index (χ0v) is 16.3. The Balaban J connectivity index is 1.60. The van der Waals surface area contributed by atoms with E-state index in [1.54, 1.807) is 12.1 Å². The van der Waals surface area contributed by atoms with Crippen LogP contribution in [0, 0.1) is 19.7 Å². The van der Waals surface area contributed by atoms with E-state index >= 15 is 0 Å². The predicted molar refractivity (Wildman–Crippen MR) is 111 cm³/mol. The van der Waals surface area contributed by atoms with Gasteiger partial charge in [0.15, 0.2) is 0 Å². The number of carbonyl (C=O) groups excluding carboxylic acids is 2. The standard InChI is InChI=1S/C23H22FN3O2/c1-15-3-8-21(11-16(15)2)27-23(29)19-12-18(13-25-14-19)22(28)26-10-9-17-4-6-20(24)7-5-17/h3-8,11-14H,9-10H2,1-2H3,(H,26,28)(H,27,29). The van der Waals surface area contributed by atoms with Gasteiger partial charge in [0.2, 0.25) is 0 Å². The van der Waals surface area contributed by atoms with Gasteiger partial charge in [0.25, 0.3) is 11.8 Å². The van der Waals surface area contributed by atoms with Gasteiger partial charge in [-0.05, 0) is 67.3 Å². The quantitative estimate of drug-likeness (QED) is 0.666. The molecule has 0 saturated carbocycles. The highest BCUT2D eigenvalue weighted by Crippen LogP contribution is 2.15. The molecule has 0 atom stereocenters. The van der Waals surface area contributed by atoms with E-state index in [1.165, 1.54) is 30.6 Å². The van der Waals surface area contributed by atoms with Crippen LogP contribution in [0.15, 0.2) is 60.9 Å². The second-order valence-corrected chi connectivity index (χ2v) is 6.85. The molecule has 0 fully saturated rings. The van der Waals surface area contributed by atoms with Gasteiger partial charge in [0, 0.05) is 24.6 Å². The van der Waals surface area contributed by atoms with E-state index in [9.17, 15) is 14.0 Å². The van der Waals surface area contributed by atoms with Crippen LogP contribution in [-0.2, 0) is 6.42 Å². The first-order valence-corrected chi connectivity index (χ1v) is 9.28. The SMILES string of the molecule is Cc1ccc(NC(=O)c2cncc(C(=O)NCCc3ccc(F)cc3)c2)cc1C. The molecule has 0 unspecified atom stereocenters. The Hall–Kier alpha value is -3.54. The average molecular weight is 391 g/mol. The van der Waals surface area contributed by atoms with Crippen molar-refractivity contribution in [2.75, 3.05) is 11.9 Å². The number of amides is 2. The zero-order valence-electron chi connectivity index (χ0n) is 16.3. The van der Waals surface area contributed by atoms with Gasteiger partial charge < -0.3 is 10.6 Å². The van der Waals surface area contributed by atoms with Crippen LogP contribution in [-0.4, -0.2) is 23.3 Å². The van der Waals surface area contributed by atoms with Gasteiger partial charge >= 0.3 is 0 Å². The molecular formula is C23H22FN3O2. The number of aryl methyl sites for hydroxylation is 2. The zero-order chi connectivity index (χ0) is 20.8. The monoisotopic (exact) mass is 391 g/mol. The third kappa shape index (κ3) is 5.48. The third-order valence-corrected chi connectivity index (χ3v) is 4.64. The van der Waals surface area contributed by atoms with Crippen molar-refractivity contribution in [3.8, 4) is 0 Å². The van der Waals surface area contributed by atoms with Crippen molar-refractivity contribution in [3.05, 3.63) is 94.6 Å². The summed E-state index contributed by atoms with van der Waals surface area (Å²) in [4.78, 5) is 28.9. The minimum absolute atomic E-state index is 0.292. The molecular weight excluding hydrogens is 369 g/mol. The van der Waals surface area contributed by atoms with Crippen LogP contribution >= 0.6 is 0 Å². The number of halogens is 1. The predicted octanol–water partition coefficient (Wildman–Crippen LogP) is 4.06. The first-order chi connectivity index (χ1) is 13.9. The van der Waals surface area contributed by atoms with E-state index in [0.29, 0.717) is 29.8 Å². The number of pyridine rings is 1. The Morgan fingerprint density at radius 3 is 2.28 bits per heavy atom. The van der Waals surface area contributed by atoms with Gasteiger partial charge in [-0.15, -0.1) is 0 Å². The summed E-state index contributed by atoms with van der Waals surface area (Å²) < 4.78 is 12.9. The molecule has 29 heavy (non-hydrogen) atoms. The normalized spacial score (nSPS) is 10.4.